The molecule has 5 aliphatic rings. The molecule has 0 fully saturated rings. The highest BCUT2D eigenvalue weighted by molar-refractivity contribution is 6.01. The molecule has 7 aromatic rings. The van der Waals surface area contributed by atoms with E-state index in [2.05, 4.69) is 211 Å². The molecule has 1 heteroatoms. The number of benzene rings is 7. The van der Waals surface area contributed by atoms with Gasteiger partial charge in [-0.05, 0) is 132 Å². The zero-order valence-electron chi connectivity index (χ0n) is 35.9. The molecule has 1 spiro atoms. The van der Waals surface area contributed by atoms with Gasteiger partial charge in [0.2, 0.25) is 0 Å². The molecule has 12 rings (SSSR count). The van der Waals surface area contributed by atoms with E-state index in [9.17, 15) is 0 Å². The molecule has 292 valence electrons. The Morgan fingerprint density at radius 1 is 0.433 bits per heavy atom. The topological polar surface area (TPSA) is 3.24 Å². The largest absolute Gasteiger partial charge is 0.310 e. The molecular weight excluding hydrogens is 723 g/mol. The standard InChI is InChI=1S/C59H51N/c1-56(2,3)36-27-30-45-53(33-36)59(48-23-14-10-19-41(48)42-20-11-15-24-49(42)59)50-25-16-26-54(55(45)50)60(37-28-31-43-39-17-8-12-21-46(39)57(4,5)51(43)34-37)38-29-32-44-40-18-9-13-22-47(40)58(6,7)52(44)35-38/h8-26,28-29,31-35H,27,30H2,1-7H3. The molecule has 0 amide bonds. The van der Waals surface area contributed by atoms with Crippen molar-refractivity contribution in [3.63, 3.8) is 0 Å². The lowest BCUT2D eigenvalue weighted by Gasteiger charge is -2.35. The molecule has 0 atom stereocenters. The van der Waals surface area contributed by atoms with Crippen molar-refractivity contribution < 1.29 is 0 Å². The molecule has 0 saturated carbocycles. The number of rotatable bonds is 3. The van der Waals surface area contributed by atoms with Gasteiger partial charge in [-0.25, -0.2) is 0 Å². The van der Waals surface area contributed by atoms with Gasteiger partial charge >= 0.3 is 0 Å². The fraction of sp³-hybridized carbons (Fsp3) is 0.220. The van der Waals surface area contributed by atoms with Gasteiger partial charge in [-0.2, -0.15) is 0 Å². The summed E-state index contributed by atoms with van der Waals surface area (Å²) < 4.78 is 0. The molecule has 1 nitrogen and oxygen atoms in total. The van der Waals surface area contributed by atoms with Crippen molar-refractivity contribution in [2.24, 2.45) is 5.41 Å². The summed E-state index contributed by atoms with van der Waals surface area (Å²) in [5, 5.41) is 0. The molecule has 0 aliphatic heterocycles. The van der Waals surface area contributed by atoms with Gasteiger partial charge in [0.1, 0.15) is 0 Å². The first-order chi connectivity index (χ1) is 28.9. The molecule has 60 heavy (non-hydrogen) atoms. The van der Waals surface area contributed by atoms with Crippen LogP contribution in [0.3, 0.4) is 0 Å². The van der Waals surface area contributed by atoms with Crippen LogP contribution in [0.2, 0.25) is 0 Å². The summed E-state index contributed by atoms with van der Waals surface area (Å²) in [4.78, 5) is 2.62. The van der Waals surface area contributed by atoms with Gasteiger partial charge in [-0.3, -0.25) is 0 Å². The second-order valence-corrected chi connectivity index (χ2v) is 20.0. The quantitative estimate of drug-likeness (QED) is 0.173. The first kappa shape index (κ1) is 35.7. The highest BCUT2D eigenvalue weighted by atomic mass is 15.1. The number of fused-ring (bicyclic) bond motifs is 15. The van der Waals surface area contributed by atoms with Gasteiger partial charge in [0.05, 0.1) is 11.1 Å². The zero-order chi connectivity index (χ0) is 40.9. The Kier molecular flexibility index (Phi) is 7.13. The minimum Gasteiger partial charge on any atom is -0.310 e. The van der Waals surface area contributed by atoms with Crippen LogP contribution in [0.15, 0.2) is 169 Å². The van der Waals surface area contributed by atoms with Crippen LogP contribution in [0, 0.1) is 5.41 Å². The van der Waals surface area contributed by atoms with E-state index in [0.717, 1.165) is 12.8 Å². The average molecular weight is 774 g/mol. The van der Waals surface area contributed by atoms with Crippen molar-refractivity contribution in [1.29, 1.82) is 0 Å². The monoisotopic (exact) mass is 773 g/mol. The fourth-order valence-electron chi connectivity index (χ4n) is 12.3. The Morgan fingerprint density at radius 3 is 1.37 bits per heavy atom. The molecular formula is C59H51N. The summed E-state index contributed by atoms with van der Waals surface area (Å²) in [6.45, 7) is 16.8. The molecule has 0 unspecified atom stereocenters. The number of anilines is 3. The normalized spacial score (nSPS) is 17.6. The zero-order valence-corrected chi connectivity index (χ0v) is 35.9. The first-order valence-electron chi connectivity index (χ1n) is 22.0. The van der Waals surface area contributed by atoms with Gasteiger partial charge in [0.25, 0.3) is 0 Å². The summed E-state index contributed by atoms with van der Waals surface area (Å²) in [6, 6.07) is 58.3. The van der Waals surface area contributed by atoms with E-state index >= 15 is 0 Å². The molecule has 0 bridgehead atoms. The maximum atomic E-state index is 2.64. The maximum absolute atomic E-state index is 2.64. The number of hydrogen-bond acceptors (Lipinski definition) is 1. The lowest BCUT2D eigenvalue weighted by molar-refractivity contribution is 0.480. The van der Waals surface area contributed by atoms with Crippen molar-refractivity contribution in [2.45, 2.75) is 77.6 Å². The Hall–Kier alpha value is -6.18. The maximum Gasteiger partial charge on any atom is 0.0723 e. The minimum absolute atomic E-state index is 0.0740. The lowest BCUT2D eigenvalue weighted by Crippen LogP contribution is -2.28. The van der Waals surface area contributed by atoms with E-state index in [1.165, 1.54) is 112 Å². The molecule has 7 aromatic carbocycles. The Labute approximate surface area is 355 Å². The number of hydrogen-bond donors (Lipinski definition) is 0. The smallest absolute Gasteiger partial charge is 0.0723 e. The third kappa shape index (κ3) is 4.48. The SMILES string of the molecule is CC(C)(C)C1=CC2=C(CC1)c1c(N(c3ccc4c(c3)C(C)(C)c3ccccc3-4)c3ccc4c(c3)C(C)(C)c3ccccc3-4)cccc1C21c2ccccc2-c2ccccc21. The van der Waals surface area contributed by atoms with Crippen molar-refractivity contribution in [2.75, 3.05) is 4.90 Å². The fourth-order valence-corrected chi connectivity index (χ4v) is 12.3. The van der Waals surface area contributed by atoms with Crippen molar-refractivity contribution in [1.82, 2.24) is 0 Å². The second-order valence-electron chi connectivity index (χ2n) is 20.0. The summed E-state index contributed by atoms with van der Waals surface area (Å²) >= 11 is 0. The van der Waals surface area contributed by atoms with Crippen LogP contribution in [0.1, 0.15) is 106 Å². The van der Waals surface area contributed by atoms with Gasteiger partial charge in [-0.1, -0.05) is 181 Å². The molecule has 0 heterocycles. The van der Waals surface area contributed by atoms with Crippen molar-refractivity contribution >= 4 is 22.6 Å². The molecule has 0 saturated heterocycles. The summed E-state index contributed by atoms with van der Waals surface area (Å²) in [6.07, 6.45) is 4.71. The third-order valence-electron chi connectivity index (χ3n) is 15.2. The highest BCUT2D eigenvalue weighted by Gasteiger charge is 2.54. The van der Waals surface area contributed by atoms with Gasteiger partial charge in [0.15, 0.2) is 0 Å². The van der Waals surface area contributed by atoms with Crippen molar-refractivity contribution in [3.05, 3.63) is 213 Å². The summed E-state index contributed by atoms with van der Waals surface area (Å²) in [5.41, 5.74) is 26.9. The molecule has 0 aromatic heterocycles. The predicted octanol–water partition coefficient (Wildman–Crippen LogP) is 15.6. The van der Waals surface area contributed by atoms with Gasteiger partial charge in [-0.15, -0.1) is 0 Å². The van der Waals surface area contributed by atoms with Crippen LogP contribution < -0.4 is 4.90 Å². The van der Waals surface area contributed by atoms with Crippen LogP contribution in [0.4, 0.5) is 17.1 Å². The molecule has 0 N–H and O–H groups in total. The van der Waals surface area contributed by atoms with Gasteiger partial charge < -0.3 is 4.90 Å². The van der Waals surface area contributed by atoms with E-state index < -0.39 is 5.41 Å². The van der Waals surface area contributed by atoms with Crippen LogP contribution in [0.25, 0.3) is 39.0 Å². The van der Waals surface area contributed by atoms with Gasteiger partial charge in [0, 0.05) is 27.8 Å². The van der Waals surface area contributed by atoms with E-state index in [0.29, 0.717) is 0 Å². The Balaban J connectivity index is 1.16. The summed E-state index contributed by atoms with van der Waals surface area (Å²) in [5.74, 6) is 0. The Morgan fingerprint density at radius 2 is 0.867 bits per heavy atom. The number of allylic oxidation sites excluding steroid dienone is 4. The average Bonchev–Trinajstić information content (AvgIpc) is 3.89. The van der Waals surface area contributed by atoms with Crippen LogP contribution in [-0.2, 0) is 16.2 Å². The van der Waals surface area contributed by atoms with E-state index in [1.54, 1.807) is 0 Å². The van der Waals surface area contributed by atoms with Crippen LogP contribution in [0.5, 0.6) is 0 Å². The van der Waals surface area contributed by atoms with E-state index in [1.807, 2.05) is 0 Å². The number of nitrogens with zero attached hydrogens (tertiary/aromatic N) is 1. The predicted molar refractivity (Wildman–Crippen MR) is 252 cm³/mol. The van der Waals surface area contributed by atoms with E-state index in [-0.39, 0.29) is 16.2 Å². The third-order valence-corrected chi connectivity index (χ3v) is 15.2. The minimum atomic E-state index is -0.403. The first-order valence-corrected chi connectivity index (χ1v) is 22.0. The molecule has 5 aliphatic carbocycles. The second kappa shape index (κ2) is 12.0. The van der Waals surface area contributed by atoms with Crippen LogP contribution >= 0.6 is 0 Å². The lowest BCUT2D eigenvalue weighted by atomic mass is 9.67. The van der Waals surface area contributed by atoms with E-state index in [4.69, 9.17) is 0 Å². The highest BCUT2D eigenvalue weighted by Crippen LogP contribution is 2.66. The van der Waals surface area contributed by atoms with Crippen LogP contribution in [-0.4, -0.2) is 0 Å². The molecule has 0 radical (unpaired) electrons. The Bertz CT molecular complexity index is 2930. The summed E-state index contributed by atoms with van der Waals surface area (Å²) in [7, 11) is 0. The van der Waals surface area contributed by atoms with Crippen molar-refractivity contribution in [3.8, 4) is 33.4 Å².